The molecule has 2 aromatic carbocycles. The molecule has 0 bridgehead atoms. The number of carbonyl (C=O) groups is 3. The molecular formula is C33H40N6O6S. The zero-order valence-electron chi connectivity index (χ0n) is 26.7. The second-order valence-corrected chi connectivity index (χ2v) is 11.8. The van der Waals surface area contributed by atoms with E-state index in [1.807, 2.05) is 34.9 Å². The predicted octanol–water partition coefficient (Wildman–Crippen LogP) is 4.56. The summed E-state index contributed by atoms with van der Waals surface area (Å²) in [6.45, 7) is 6.55. The van der Waals surface area contributed by atoms with Crippen molar-refractivity contribution in [2.24, 2.45) is 5.92 Å². The summed E-state index contributed by atoms with van der Waals surface area (Å²) in [5, 5.41) is 3.65. The molecule has 2 fully saturated rings. The normalized spacial score (nSPS) is 17.0. The molecule has 2 aliphatic heterocycles. The van der Waals surface area contributed by atoms with Gasteiger partial charge in [0.2, 0.25) is 11.9 Å². The Labute approximate surface area is 274 Å². The number of piperazine rings is 1. The van der Waals surface area contributed by atoms with E-state index in [0.717, 1.165) is 6.42 Å². The summed E-state index contributed by atoms with van der Waals surface area (Å²) in [5.74, 6) is 1.29. The standard InChI is InChI=1S/C33H40N6O6S/c1-5-45-33(42)38-16-14-37(15-17-38)32-34-24-20-28(44-4)27(43-3)19-23(24)29(36-32)35-30(41)25-12-9-13-39(25)31(46)21(2)18-26(40)22-10-7-6-8-11-22/h6-8,10-11,19-21,25H,5,9,12-18H2,1-4H3,(H,34,35,36,41)/t21?,25-/m1/s1. The number of thiocarbonyl (C=S) groups is 1. The van der Waals surface area contributed by atoms with E-state index in [4.69, 9.17) is 36.4 Å². The highest BCUT2D eigenvalue weighted by atomic mass is 32.1. The van der Waals surface area contributed by atoms with Crippen molar-refractivity contribution in [1.82, 2.24) is 19.8 Å². The number of anilines is 2. The van der Waals surface area contributed by atoms with Crippen LogP contribution in [0.3, 0.4) is 0 Å². The minimum atomic E-state index is -0.511. The van der Waals surface area contributed by atoms with Crippen LogP contribution in [0.5, 0.6) is 11.5 Å². The number of amides is 2. The molecular weight excluding hydrogens is 608 g/mol. The van der Waals surface area contributed by atoms with Gasteiger partial charge in [0, 0.05) is 62.1 Å². The lowest BCUT2D eigenvalue weighted by Gasteiger charge is -2.34. The molecule has 0 radical (unpaired) electrons. The fraction of sp³-hybridized carbons (Fsp3) is 0.455. The molecule has 2 amide bonds. The van der Waals surface area contributed by atoms with Crippen LogP contribution >= 0.6 is 12.2 Å². The number of ketones is 1. The summed E-state index contributed by atoms with van der Waals surface area (Å²) < 4.78 is 16.2. The maximum Gasteiger partial charge on any atom is 0.409 e. The topological polar surface area (TPSA) is 126 Å². The van der Waals surface area contributed by atoms with Gasteiger partial charge in [0.15, 0.2) is 17.3 Å². The molecule has 244 valence electrons. The Hall–Kier alpha value is -4.52. The fourth-order valence-electron chi connectivity index (χ4n) is 5.88. The van der Waals surface area contributed by atoms with Crippen LogP contribution in [0.25, 0.3) is 10.9 Å². The summed E-state index contributed by atoms with van der Waals surface area (Å²) >= 11 is 5.85. The number of fused-ring (bicyclic) bond motifs is 1. The van der Waals surface area contributed by atoms with Gasteiger partial charge in [-0.15, -0.1) is 0 Å². The van der Waals surface area contributed by atoms with Crippen LogP contribution in [0.1, 0.15) is 43.5 Å². The van der Waals surface area contributed by atoms with E-state index < -0.39 is 6.04 Å². The Balaban J connectivity index is 1.37. The number of hydrogen-bond donors (Lipinski definition) is 1. The number of nitrogens with one attached hydrogen (secondary N) is 1. The lowest BCUT2D eigenvalue weighted by atomic mass is 9.99. The molecule has 1 aromatic heterocycles. The van der Waals surface area contributed by atoms with Crippen molar-refractivity contribution in [1.29, 1.82) is 0 Å². The van der Waals surface area contributed by atoms with Gasteiger partial charge in [0.25, 0.3) is 0 Å². The van der Waals surface area contributed by atoms with Crippen molar-refractivity contribution < 1.29 is 28.6 Å². The third kappa shape index (κ3) is 7.14. The highest BCUT2D eigenvalue weighted by Crippen LogP contribution is 2.35. The summed E-state index contributed by atoms with van der Waals surface area (Å²) in [6.07, 6.45) is 1.33. The highest BCUT2D eigenvalue weighted by molar-refractivity contribution is 7.80. The van der Waals surface area contributed by atoms with Gasteiger partial charge in [-0.05, 0) is 25.8 Å². The summed E-state index contributed by atoms with van der Waals surface area (Å²) in [4.78, 5) is 54.8. The van der Waals surface area contributed by atoms with E-state index >= 15 is 0 Å². The first-order valence-corrected chi connectivity index (χ1v) is 15.9. The average molecular weight is 649 g/mol. The Kier molecular flexibility index (Phi) is 10.5. The van der Waals surface area contributed by atoms with Crippen LogP contribution in [0.2, 0.25) is 0 Å². The fourth-order valence-corrected chi connectivity index (χ4v) is 6.18. The first-order chi connectivity index (χ1) is 22.2. The minimum Gasteiger partial charge on any atom is -0.493 e. The molecule has 5 rings (SSSR count). The third-order valence-electron chi connectivity index (χ3n) is 8.37. The van der Waals surface area contributed by atoms with Gasteiger partial charge in [-0.1, -0.05) is 49.5 Å². The molecule has 1 unspecified atom stereocenters. The van der Waals surface area contributed by atoms with Gasteiger partial charge in [-0.2, -0.15) is 4.98 Å². The SMILES string of the molecule is CCOC(=O)N1CCN(c2nc(NC(=O)[C@H]3CCCN3C(=S)C(C)CC(=O)c3ccccc3)c3cc(OC)c(OC)cc3n2)CC1. The van der Waals surface area contributed by atoms with E-state index in [1.54, 1.807) is 50.3 Å². The first-order valence-electron chi connectivity index (χ1n) is 15.5. The molecule has 12 nitrogen and oxygen atoms in total. The predicted molar refractivity (Wildman–Crippen MR) is 179 cm³/mol. The number of nitrogens with zero attached hydrogens (tertiary/aromatic N) is 5. The first kappa shape index (κ1) is 32.9. The second kappa shape index (κ2) is 14.7. The van der Waals surface area contributed by atoms with Gasteiger partial charge in [-0.25, -0.2) is 9.78 Å². The minimum absolute atomic E-state index is 0.0168. The number of likely N-dealkylation sites (tertiary alicyclic amines) is 1. The van der Waals surface area contributed by atoms with Crippen molar-refractivity contribution in [2.75, 3.05) is 63.8 Å². The van der Waals surface area contributed by atoms with Crippen LogP contribution in [0.15, 0.2) is 42.5 Å². The van der Waals surface area contributed by atoms with Gasteiger partial charge in [0.05, 0.1) is 31.3 Å². The zero-order chi connectivity index (χ0) is 32.8. The van der Waals surface area contributed by atoms with Crippen LogP contribution < -0.4 is 19.7 Å². The zero-order valence-corrected chi connectivity index (χ0v) is 27.5. The lowest BCUT2D eigenvalue weighted by Crippen LogP contribution is -2.49. The molecule has 13 heteroatoms. The van der Waals surface area contributed by atoms with E-state index in [-0.39, 0.29) is 30.1 Å². The van der Waals surface area contributed by atoms with Crippen molar-refractivity contribution in [3.05, 3.63) is 48.0 Å². The van der Waals surface area contributed by atoms with Crippen LogP contribution in [-0.4, -0.2) is 102 Å². The second-order valence-electron chi connectivity index (χ2n) is 11.3. The monoisotopic (exact) mass is 648 g/mol. The van der Waals surface area contributed by atoms with Crippen LogP contribution in [-0.2, 0) is 9.53 Å². The highest BCUT2D eigenvalue weighted by Gasteiger charge is 2.35. The van der Waals surface area contributed by atoms with Crippen molar-refractivity contribution in [3.8, 4) is 11.5 Å². The van der Waals surface area contributed by atoms with Crippen LogP contribution in [0.4, 0.5) is 16.6 Å². The number of benzene rings is 2. The Morgan fingerprint density at radius 1 is 1.00 bits per heavy atom. The van der Waals surface area contributed by atoms with Gasteiger partial charge in [0.1, 0.15) is 11.9 Å². The molecule has 2 aliphatic rings. The number of carbonyl (C=O) groups excluding carboxylic acids is 3. The quantitative estimate of drug-likeness (QED) is 0.246. The number of ether oxygens (including phenoxy) is 3. The largest absolute Gasteiger partial charge is 0.493 e. The summed E-state index contributed by atoms with van der Waals surface area (Å²) in [5.41, 5.74) is 1.21. The molecule has 2 atom stereocenters. The van der Waals surface area contributed by atoms with E-state index in [2.05, 4.69) is 5.32 Å². The van der Waals surface area contributed by atoms with E-state index in [9.17, 15) is 14.4 Å². The van der Waals surface area contributed by atoms with Crippen molar-refractivity contribution in [2.45, 2.75) is 39.2 Å². The Morgan fingerprint density at radius 3 is 2.37 bits per heavy atom. The summed E-state index contributed by atoms with van der Waals surface area (Å²) in [6, 6.07) is 12.2. The number of aromatic nitrogens is 2. The molecule has 46 heavy (non-hydrogen) atoms. The molecule has 0 aliphatic carbocycles. The van der Waals surface area contributed by atoms with E-state index in [1.165, 1.54) is 0 Å². The number of rotatable bonds is 10. The molecule has 2 saturated heterocycles. The summed E-state index contributed by atoms with van der Waals surface area (Å²) in [7, 11) is 3.09. The molecule has 3 aromatic rings. The average Bonchev–Trinajstić information content (AvgIpc) is 3.58. The Bertz CT molecular complexity index is 1600. The molecule has 0 saturated carbocycles. The van der Waals surface area contributed by atoms with E-state index in [0.29, 0.717) is 90.5 Å². The Morgan fingerprint density at radius 2 is 1.70 bits per heavy atom. The van der Waals surface area contributed by atoms with Crippen molar-refractivity contribution in [3.63, 3.8) is 0 Å². The molecule has 1 N–H and O–H groups in total. The van der Waals surface area contributed by atoms with Crippen LogP contribution in [0, 0.1) is 5.92 Å². The van der Waals surface area contributed by atoms with Gasteiger partial charge in [-0.3, -0.25) is 9.59 Å². The number of methoxy groups -OCH3 is 2. The molecule has 0 spiro atoms. The van der Waals surface area contributed by atoms with Gasteiger partial charge >= 0.3 is 6.09 Å². The number of Topliss-reactive ketones (excluding diaryl/α,β-unsaturated/α-hetero) is 1. The molecule has 3 heterocycles. The van der Waals surface area contributed by atoms with Crippen molar-refractivity contribution >= 4 is 57.7 Å². The maximum atomic E-state index is 13.9. The van der Waals surface area contributed by atoms with Gasteiger partial charge < -0.3 is 34.2 Å². The smallest absolute Gasteiger partial charge is 0.409 e. The number of hydrogen-bond acceptors (Lipinski definition) is 10. The third-order valence-corrected chi connectivity index (χ3v) is 9.00. The maximum absolute atomic E-state index is 13.9. The lowest BCUT2D eigenvalue weighted by molar-refractivity contribution is -0.119.